The van der Waals surface area contributed by atoms with Gasteiger partial charge in [-0.1, -0.05) is 57.5 Å². The monoisotopic (exact) mass is 554 g/mol. The Morgan fingerprint density at radius 1 is 1.18 bits per heavy atom. The van der Waals surface area contributed by atoms with Crippen LogP contribution in [0.3, 0.4) is 0 Å². The SMILES string of the molecule is CC[C@H](NC(=O)[C@@H]1C[C@@H](O)CN1C(=O)[C@@H](NC(=O)C1(C#N)CC1)C(C)(C)C)c1ccc(C(SC)=C(C)C)cc1. The minimum Gasteiger partial charge on any atom is -0.391 e. The highest BCUT2D eigenvalue weighted by atomic mass is 32.2. The molecule has 0 aromatic heterocycles. The van der Waals surface area contributed by atoms with Gasteiger partial charge in [-0.2, -0.15) is 5.26 Å². The molecule has 4 atom stereocenters. The molecule has 8 nitrogen and oxygen atoms in total. The van der Waals surface area contributed by atoms with E-state index in [1.165, 1.54) is 15.4 Å². The van der Waals surface area contributed by atoms with E-state index in [1.54, 1.807) is 11.8 Å². The molecular formula is C30H42N4O4S. The van der Waals surface area contributed by atoms with E-state index in [1.807, 2.05) is 39.8 Å². The largest absolute Gasteiger partial charge is 0.391 e. The second-order valence-corrected chi connectivity index (χ2v) is 12.8. The number of rotatable bonds is 9. The third-order valence-electron chi connectivity index (χ3n) is 7.61. The van der Waals surface area contributed by atoms with Crippen LogP contribution in [-0.2, 0) is 14.4 Å². The molecule has 1 saturated carbocycles. The summed E-state index contributed by atoms with van der Waals surface area (Å²) in [6.07, 6.45) is 2.93. The van der Waals surface area contributed by atoms with Crippen LogP contribution in [0.25, 0.3) is 4.91 Å². The Kier molecular flexibility index (Phi) is 9.56. The number of allylic oxidation sites excluding steroid dienone is 1. The maximum Gasteiger partial charge on any atom is 0.246 e. The molecule has 1 aliphatic heterocycles. The zero-order chi connectivity index (χ0) is 29.1. The molecule has 0 spiro atoms. The minimum atomic E-state index is -1.07. The molecular weight excluding hydrogens is 512 g/mol. The molecule has 0 radical (unpaired) electrons. The fraction of sp³-hybridized carbons (Fsp3) is 0.600. The fourth-order valence-corrected chi connectivity index (χ4v) is 5.85. The van der Waals surface area contributed by atoms with Gasteiger partial charge in [0.1, 0.15) is 17.5 Å². The predicted octanol–water partition coefficient (Wildman–Crippen LogP) is 4.16. The van der Waals surface area contributed by atoms with Crippen LogP contribution >= 0.6 is 11.8 Å². The van der Waals surface area contributed by atoms with Gasteiger partial charge in [-0.3, -0.25) is 14.4 Å². The lowest BCUT2D eigenvalue weighted by molar-refractivity contribution is -0.144. The van der Waals surface area contributed by atoms with Crippen LogP contribution in [0.15, 0.2) is 29.8 Å². The summed E-state index contributed by atoms with van der Waals surface area (Å²) in [6, 6.07) is 8.17. The van der Waals surface area contributed by atoms with E-state index in [9.17, 15) is 24.8 Å². The number of carbonyl (C=O) groups is 3. The Morgan fingerprint density at radius 2 is 1.79 bits per heavy atom. The molecule has 3 rings (SSSR count). The number of thioether (sulfide) groups is 1. The average Bonchev–Trinajstić information content (AvgIpc) is 3.59. The summed E-state index contributed by atoms with van der Waals surface area (Å²) >= 11 is 1.70. The summed E-state index contributed by atoms with van der Waals surface area (Å²) in [4.78, 5) is 42.7. The molecule has 0 bridgehead atoms. The van der Waals surface area contributed by atoms with Crippen LogP contribution < -0.4 is 10.6 Å². The number of hydrogen-bond acceptors (Lipinski definition) is 6. The number of nitrogens with one attached hydrogen (secondary N) is 2. The van der Waals surface area contributed by atoms with Crippen LogP contribution in [-0.4, -0.2) is 58.7 Å². The van der Waals surface area contributed by atoms with Gasteiger partial charge in [-0.05, 0) is 55.9 Å². The van der Waals surface area contributed by atoms with Crippen LogP contribution in [0.4, 0.5) is 0 Å². The van der Waals surface area contributed by atoms with E-state index < -0.39 is 40.8 Å². The molecule has 212 valence electrons. The molecule has 1 aromatic rings. The first-order chi connectivity index (χ1) is 18.3. The lowest BCUT2D eigenvalue weighted by atomic mass is 9.85. The normalized spacial score (nSPS) is 21.4. The van der Waals surface area contributed by atoms with E-state index in [2.05, 4.69) is 48.9 Å². The molecule has 3 N–H and O–H groups in total. The fourth-order valence-electron chi connectivity index (χ4n) is 5.07. The number of aliphatic hydroxyl groups excluding tert-OH is 1. The van der Waals surface area contributed by atoms with Crippen molar-refractivity contribution in [1.29, 1.82) is 5.26 Å². The van der Waals surface area contributed by atoms with Crippen molar-refractivity contribution in [2.24, 2.45) is 10.8 Å². The van der Waals surface area contributed by atoms with Gasteiger partial charge in [0.15, 0.2) is 0 Å². The summed E-state index contributed by atoms with van der Waals surface area (Å²) in [6.45, 7) is 11.7. The molecule has 1 aliphatic carbocycles. The zero-order valence-corrected chi connectivity index (χ0v) is 24.9. The Bertz CT molecular complexity index is 1160. The topological polar surface area (TPSA) is 123 Å². The highest BCUT2D eigenvalue weighted by molar-refractivity contribution is 8.07. The summed E-state index contributed by atoms with van der Waals surface area (Å²) in [5.74, 6) is -1.21. The smallest absolute Gasteiger partial charge is 0.246 e. The minimum absolute atomic E-state index is 0.00835. The molecule has 9 heteroatoms. The number of nitriles is 1. The van der Waals surface area contributed by atoms with Crippen molar-refractivity contribution in [1.82, 2.24) is 15.5 Å². The highest BCUT2D eigenvalue weighted by Gasteiger charge is 2.53. The van der Waals surface area contributed by atoms with E-state index in [0.29, 0.717) is 19.3 Å². The van der Waals surface area contributed by atoms with Gasteiger partial charge in [0.05, 0.1) is 18.2 Å². The first-order valence-electron chi connectivity index (χ1n) is 13.6. The molecule has 3 amide bonds. The highest BCUT2D eigenvalue weighted by Crippen LogP contribution is 2.45. The van der Waals surface area contributed by atoms with E-state index in [4.69, 9.17) is 0 Å². The van der Waals surface area contributed by atoms with Gasteiger partial charge in [-0.25, -0.2) is 0 Å². The van der Waals surface area contributed by atoms with Gasteiger partial charge in [-0.15, -0.1) is 11.8 Å². The predicted molar refractivity (Wildman–Crippen MR) is 154 cm³/mol. The lowest BCUT2D eigenvalue weighted by Crippen LogP contribution is -2.58. The molecule has 1 heterocycles. The van der Waals surface area contributed by atoms with E-state index in [0.717, 1.165) is 11.1 Å². The summed E-state index contributed by atoms with van der Waals surface area (Å²) in [5, 5.41) is 25.8. The second-order valence-electron chi connectivity index (χ2n) is 12.0. The molecule has 1 aromatic carbocycles. The van der Waals surface area contributed by atoms with Crippen molar-refractivity contribution < 1.29 is 19.5 Å². The van der Waals surface area contributed by atoms with Crippen LogP contribution in [0, 0.1) is 22.2 Å². The first-order valence-corrected chi connectivity index (χ1v) is 14.8. The maximum atomic E-state index is 13.8. The Morgan fingerprint density at radius 3 is 2.26 bits per heavy atom. The van der Waals surface area contributed by atoms with Crippen molar-refractivity contribution >= 4 is 34.4 Å². The number of β-amino-alcohol motifs (C(OH)–C–C–N with tert-alkyl or cyclic N) is 1. The second kappa shape index (κ2) is 12.1. The van der Waals surface area contributed by atoms with Gasteiger partial charge in [0.25, 0.3) is 0 Å². The van der Waals surface area contributed by atoms with Crippen molar-refractivity contribution in [3.63, 3.8) is 0 Å². The molecule has 2 aliphatic rings. The van der Waals surface area contributed by atoms with Crippen molar-refractivity contribution in [3.8, 4) is 6.07 Å². The number of benzene rings is 1. The van der Waals surface area contributed by atoms with Crippen LogP contribution in [0.1, 0.15) is 84.4 Å². The Hall–Kier alpha value is -2.83. The third-order valence-corrected chi connectivity index (χ3v) is 8.66. The van der Waals surface area contributed by atoms with Crippen LogP contribution in [0.2, 0.25) is 0 Å². The Labute approximate surface area is 236 Å². The van der Waals surface area contributed by atoms with Gasteiger partial charge in [0, 0.05) is 17.9 Å². The number of likely N-dealkylation sites (tertiary alicyclic amines) is 1. The summed E-state index contributed by atoms with van der Waals surface area (Å²) in [5.41, 5.74) is 1.59. The van der Waals surface area contributed by atoms with E-state index >= 15 is 0 Å². The van der Waals surface area contributed by atoms with Gasteiger partial charge >= 0.3 is 0 Å². The number of amides is 3. The third kappa shape index (κ3) is 6.85. The summed E-state index contributed by atoms with van der Waals surface area (Å²) in [7, 11) is 0. The van der Waals surface area contributed by atoms with Crippen molar-refractivity contribution in [2.45, 2.75) is 91.5 Å². The van der Waals surface area contributed by atoms with Crippen LogP contribution in [0.5, 0.6) is 0 Å². The van der Waals surface area contributed by atoms with Gasteiger partial charge in [0.2, 0.25) is 17.7 Å². The zero-order valence-electron chi connectivity index (χ0n) is 24.1. The summed E-state index contributed by atoms with van der Waals surface area (Å²) < 4.78 is 0. The quantitative estimate of drug-likeness (QED) is 0.421. The molecule has 0 unspecified atom stereocenters. The Balaban J connectivity index is 1.78. The maximum absolute atomic E-state index is 13.8. The van der Waals surface area contributed by atoms with E-state index in [-0.39, 0.29) is 24.9 Å². The number of aliphatic hydroxyl groups is 1. The molecule has 2 fully saturated rings. The van der Waals surface area contributed by atoms with Crippen molar-refractivity contribution in [3.05, 3.63) is 41.0 Å². The first kappa shape index (κ1) is 30.7. The standard InChI is InChI=1S/C30H42N4O4S/c1-8-22(19-9-11-20(12-10-19)24(39-7)18(2)3)32-26(36)23-15-21(35)16-34(23)27(37)25(29(4,5)6)33-28(38)30(17-31)13-14-30/h9-12,21-23,25,35H,8,13-16H2,1-7H3,(H,32,36)(H,33,38)/t21-,22+,23+,25-/m1/s1. The average molecular weight is 555 g/mol. The lowest BCUT2D eigenvalue weighted by Gasteiger charge is -2.36. The number of hydrogen-bond donors (Lipinski definition) is 3. The number of nitrogens with zero attached hydrogens (tertiary/aromatic N) is 2. The number of carbonyl (C=O) groups excluding carboxylic acids is 3. The molecule has 1 saturated heterocycles. The van der Waals surface area contributed by atoms with Crippen molar-refractivity contribution in [2.75, 3.05) is 12.8 Å². The molecule has 39 heavy (non-hydrogen) atoms. The van der Waals surface area contributed by atoms with Gasteiger partial charge < -0.3 is 20.6 Å².